The van der Waals surface area contributed by atoms with Crippen LogP contribution >= 0.6 is 0 Å². The predicted molar refractivity (Wildman–Crippen MR) is 93.1 cm³/mol. The lowest BCUT2D eigenvalue weighted by atomic mass is 10.1. The van der Waals surface area contributed by atoms with Crippen molar-refractivity contribution >= 4 is 17.8 Å². The van der Waals surface area contributed by atoms with Crippen molar-refractivity contribution in [3.05, 3.63) is 53.9 Å². The normalized spacial score (nSPS) is 10.4. The maximum atomic E-state index is 5.56. The average Bonchev–Trinajstić information content (AvgIpc) is 2.55. The molecule has 23 heavy (non-hydrogen) atoms. The highest BCUT2D eigenvalue weighted by Crippen LogP contribution is 2.27. The van der Waals surface area contributed by atoms with Crippen LogP contribution in [0.1, 0.15) is 25.1 Å². The summed E-state index contributed by atoms with van der Waals surface area (Å²) in [5.41, 5.74) is 3.43. The van der Waals surface area contributed by atoms with Crippen LogP contribution in [-0.2, 0) is 7.05 Å². The molecule has 1 aromatic carbocycles. The number of methoxy groups -OCH3 is 1. The van der Waals surface area contributed by atoms with Crippen LogP contribution < -0.4 is 38.2 Å². The fraction of sp³-hybridized carbons (Fsp3) is 0.316. The molecule has 0 radical (unpaired) electrons. The zero-order chi connectivity index (χ0) is 15.9. The Balaban J connectivity index is 0.00000264. The Morgan fingerprint density at radius 2 is 1.83 bits per heavy atom. The van der Waals surface area contributed by atoms with Gasteiger partial charge in [-0.25, -0.2) is 4.57 Å². The lowest BCUT2D eigenvalue weighted by Crippen LogP contribution is -3.00. The summed E-state index contributed by atoms with van der Waals surface area (Å²) in [6.45, 7) is 6.32. The van der Waals surface area contributed by atoms with Gasteiger partial charge in [0.2, 0.25) is 5.69 Å². The molecule has 0 saturated heterocycles. The molecule has 0 amide bonds. The molecule has 1 heterocycles. The summed E-state index contributed by atoms with van der Waals surface area (Å²) in [4.78, 5) is 2.31. The van der Waals surface area contributed by atoms with Gasteiger partial charge in [-0.3, -0.25) is 0 Å². The second-order valence-electron chi connectivity index (χ2n) is 5.17. The molecule has 2 rings (SSSR count). The topological polar surface area (TPSA) is 16.4 Å². The summed E-state index contributed by atoms with van der Waals surface area (Å²) >= 11 is 0. The highest BCUT2D eigenvalue weighted by molar-refractivity contribution is 5.72. The highest BCUT2D eigenvalue weighted by Gasteiger charge is 2.07. The van der Waals surface area contributed by atoms with Crippen molar-refractivity contribution in [2.24, 2.45) is 7.05 Å². The van der Waals surface area contributed by atoms with E-state index in [1.165, 1.54) is 5.69 Å². The van der Waals surface area contributed by atoms with Gasteiger partial charge in [-0.15, -0.1) is 0 Å². The molecule has 0 aliphatic rings. The number of benzene rings is 1. The fourth-order valence-corrected chi connectivity index (χ4v) is 2.51. The Morgan fingerprint density at radius 3 is 2.43 bits per heavy atom. The zero-order valence-electron chi connectivity index (χ0n) is 14.3. The third-order valence-corrected chi connectivity index (χ3v) is 3.87. The van der Waals surface area contributed by atoms with Crippen LogP contribution in [0.25, 0.3) is 12.2 Å². The van der Waals surface area contributed by atoms with Crippen molar-refractivity contribution in [2.45, 2.75) is 13.8 Å². The van der Waals surface area contributed by atoms with Gasteiger partial charge >= 0.3 is 0 Å². The van der Waals surface area contributed by atoms with Crippen LogP contribution in [0.2, 0.25) is 0 Å². The minimum Gasteiger partial charge on any atom is -1.00 e. The van der Waals surface area contributed by atoms with E-state index >= 15 is 0 Å². The first-order valence-electron chi connectivity index (χ1n) is 7.75. The summed E-state index contributed by atoms with van der Waals surface area (Å²) in [7, 11) is 3.77. The quantitative estimate of drug-likeness (QED) is 0.498. The summed E-state index contributed by atoms with van der Waals surface area (Å²) in [5, 5.41) is 0. The number of halogens is 1. The zero-order valence-corrected chi connectivity index (χ0v) is 16.4. The van der Waals surface area contributed by atoms with E-state index in [4.69, 9.17) is 4.74 Å². The van der Waals surface area contributed by atoms with Crippen molar-refractivity contribution in [3.63, 3.8) is 0 Å². The molecule has 0 fully saturated rings. The number of rotatable bonds is 6. The number of nitrogens with zero attached hydrogens (tertiary/aromatic N) is 2. The molecule has 1 aromatic heterocycles. The molecule has 124 valence electrons. The fourth-order valence-electron chi connectivity index (χ4n) is 2.51. The third kappa shape index (κ3) is 4.96. The van der Waals surface area contributed by atoms with Gasteiger partial charge in [-0.1, -0.05) is 0 Å². The van der Waals surface area contributed by atoms with E-state index < -0.39 is 0 Å². The summed E-state index contributed by atoms with van der Waals surface area (Å²) in [6.07, 6.45) is 6.25. The van der Waals surface area contributed by atoms with Gasteiger partial charge in [0, 0.05) is 48.6 Å². The first kappa shape index (κ1) is 19.5. The van der Waals surface area contributed by atoms with E-state index in [0.29, 0.717) is 0 Å². The van der Waals surface area contributed by atoms with Gasteiger partial charge in [0.1, 0.15) is 12.8 Å². The summed E-state index contributed by atoms with van der Waals surface area (Å²) in [5.74, 6) is 0.902. The lowest BCUT2D eigenvalue weighted by Gasteiger charge is -2.22. The van der Waals surface area contributed by atoms with E-state index in [1.54, 1.807) is 7.11 Å². The molecule has 0 aliphatic heterocycles. The molecule has 0 aliphatic carbocycles. The number of anilines is 1. The second-order valence-corrected chi connectivity index (χ2v) is 5.17. The molecule has 0 unspecified atom stereocenters. The molecular formula is C19H25IN2O. The van der Waals surface area contributed by atoms with Crippen molar-refractivity contribution in [1.29, 1.82) is 0 Å². The Hall–Kier alpha value is -1.56. The van der Waals surface area contributed by atoms with Gasteiger partial charge < -0.3 is 33.6 Å². The Kier molecular flexibility index (Phi) is 8.09. The van der Waals surface area contributed by atoms with E-state index in [2.05, 4.69) is 59.7 Å². The van der Waals surface area contributed by atoms with Gasteiger partial charge in [0.05, 0.1) is 7.11 Å². The minimum atomic E-state index is 0. The van der Waals surface area contributed by atoms with Crippen molar-refractivity contribution in [1.82, 2.24) is 0 Å². The lowest BCUT2D eigenvalue weighted by molar-refractivity contribution is -0.673. The first-order valence-corrected chi connectivity index (χ1v) is 7.75. The molecule has 0 bridgehead atoms. The number of pyridine rings is 1. The second kappa shape index (κ2) is 9.55. The van der Waals surface area contributed by atoms with Gasteiger partial charge in [0.25, 0.3) is 0 Å². The largest absolute Gasteiger partial charge is 1.00 e. The Labute approximate surface area is 156 Å². The molecule has 0 N–H and O–H groups in total. The maximum absolute atomic E-state index is 5.56. The van der Waals surface area contributed by atoms with Crippen LogP contribution in [0.15, 0.2) is 42.6 Å². The molecule has 0 spiro atoms. The smallest absolute Gasteiger partial charge is 0.204 e. The monoisotopic (exact) mass is 424 g/mol. The standard InChI is InChI=1S/C19H25N2O.HI/c1-5-21(6-2)18-13-11-16(19(15-18)22-4)10-12-17-9-7-8-14-20(17)3;/h7-15H,5-6H2,1-4H3;1H/q+1;/p-1. The van der Waals surface area contributed by atoms with Gasteiger partial charge in [-0.05, 0) is 38.1 Å². The SMILES string of the molecule is CCN(CC)c1ccc(/C=C/c2cccc[n+]2C)c(OC)c1.[I-]. The molecule has 0 saturated carbocycles. The van der Waals surface area contributed by atoms with Crippen LogP contribution in [0.5, 0.6) is 5.75 Å². The average molecular weight is 424 g/mol. The van der Waals surface area contributed by atoms with Crippen molar-refractivity contribution in [2.75, 3.05) is 25.1 Å². The molecule has 4 heteroatoms. The van der Waals surface area contributed by atoms with Crippen LogP contribution in [0.4, 0.5) is 5.69 Å². The van der Waals surface area contributed by atoms with Crippen LogP contribution in [0, 0.1) is 0 Å². The van der Waals surface area contributed by atoms with Crippen molar-refractivity contribution < 1.29 is 33.3 Å². The minimum absolute atomic E-state index is 0. The molecule has 2 aromatic rings. The van der Waals surface area contributed by atoms with Crippen molar-refractivity contribution in [3.8, 4) is 5.75 Å². The van der Waals surface area contributed by atoms with E-state index in [-0.39, 0.29) is 24.0 Å². The number of hydrogen-bond donors (Lipinski definition) is 0. The number of hydrogen-bond acceptors (Lipinski definition) is 2. The van der Waals surface area contributed by atoms with Crippen LogP contribution in [0.3, 0.4) is 0 Å². The molecule has 0 atom stereocenters. The number of ether oxygens (including phenoxy) is 1. The molecular weight excluding hydrogens is 399 g/mol. The Bertz CT molecular complexity index is 652. The summed E-state index contributed by atoms with van der Waals surface area (Å²) < 4.78 is 7.65. The van der Waals surface area contributed by atoms with Crippen LogP contribution in [-0.4, -0.2) is 20.2 Å². The number of aromatic nitrogens is 1. The first-order chi connectivity index (χ1) is 10.7. The van der Waals surface area contributed by atoms with E-state index in [9.17, 15) is 0 Å². The Morgan fingerprint density at radius 1 is 1.09 bits per heavy atom. The van der Waals surface area contributed by atoms with E-state index in [1.807, 2.05) is 25.4 Å². The summed E-state index contributed by atoms with van der Waals surface area (Å²) in [6, 6.07) is 12.5. The maximum Gasteiger partial charge on any atom is 0.204 e. The number of aryl methyl sites for hydroxylation is 1. The molecule has 3 nitrogen and oxygen atoms in total. The third-order valence-electron chi connectivity index (χ3n) is 3.87. The predicted octanol–water partition coefficient (Wildman–Crippen LogP) is 0.540. The highest BCUT2D eigenvalue weighted by atomic mass is 127. The van der Waals surface area contributed by atoms with Gasteiger partial charge in [0.15, 0.2) is 6.20 Å². The van der Waals surface area contributed by atoms with Gasteiger partial charge in [-0.2, -0.15) is 0 Å². The van der Waals surface area contributed by atoms with E-state index in [0.717, 1.165) is 30.1 Å².